The van der Waals surface area contributed by atoms with Gasteiger partial charge in [0.05, 0.1) is 25.7 Å². The maximum atomic E-state index is 12.7. The van der Waals surface area contributed by atoms with E-state index in [4.69, 9.17) is 9.47 Å². The number of hydrogen-bond acceptors (Lipinski definition) is 6. The van der Waals surface area contributed by atoms with Crippen molar-refractivity contribution in [3.05, 3.63) is 35.9 Å². The minimum Gasteiger partial charge on any atom is -0.493 e. The molecular formula is C19H26N2O6S. The molecule has 8 nitrogen and oxygen atoms in total. The highest BCUT2D eigenvalue weighted by Gasteiger charge is 2.29. The first-order chi connectivity index (χ1) is 13.2. The molecule has 1 aliphatic rings. The van der Waals surface area contributed by atoms with Gasteiger partial charge in [-0.3, -0.25) is 9.59 Å². The molecule has 0 aliphatic carbocycles. The fourth-order valence-corrected chi connectivity index (χ4v) is 4.23. The number of nitrogens with zero attached hydrogens (tertiary/aromatic N) is 1. The number of amides is 2. The lowest BCUT2D eigenvalue weighted by Gasteiger charge is -2.29. The Balaban J connectivity index is 2.14. The Morgan fingerprint density at radius 3 is 2.43 bits per heavy atom. The Bertz CT molecular complexity index is 851. The van der Waals surface area contributed by atoms with Gasteiger partial charge in [0.25, 0.3) is 5.91 Å². The van der Waals surface area contributed by atoms with Crippen LogP contribution in [0, 0.1) is 0 Å². The third-order valence-corrected chi connectivity index (χ3v) is 6.17. The number of hydrogen-bond donors (Lipinski definition) is 1. The zero-order chi connectivity index (χ0) is 20.9. The van der Waals surface area contributed by atoms with Gasteiger partial charge >= 0.3 is 0 Å². The Labute approximate surface area is 165 Å². The van der Waals surface area contributed by atoms with Gasteiger partial charge in [-0.2, -0.15) is 0 Å². The standard InChI is InChI=1S/C19H26N2O6S/c1-5-6-14-11-15(12-16(26-3)17(14)27-4)18(22)20-13(2)19(23)21-7-9-28(24,25)10-8-21/h5,11-13H,1,6-10H2,2-4H3,(H,20,22). The van der Waals surface area contributed by atoms with E-state index in [0.29, 0.717) is 23.5 Å². The van der Waals surface area contributed by atoms with Gasteiger partial charge in [-0.05, 0) is 25.5 Å². The number of sulfone groups is 1. The molecule has 2 amide bonds. The zero-order valence-corrected chi connectivity index (χ0v) is 17.2. The lowest BCUT2D eigenvalue weighted by Crippen LogP contribution is -2.51. The SMILES string of the molecule is C=CCc1cc(C(=O)NC(C)C(=O)N2CCS(=O)(=O)CC2)cc(OC)c1OC. The second-order valence-electron chi connectivity index (χ2n) is 6.54. The van der Waals surface area contributed by atoms with Crippen LogP contribution in [0.2, 0.25) is 0 Å². The average Bonchev–Trinajstić information content (AvgIpc) is 2.66. The Kier molecular flexibility index (Phi) is 7.06. The van der Waals surface area contributed by atoms with Crippen LogP contribution >= 0.6 is 0 Å². The predicted octanol–water partition coefficient (Wildman–Crippen LogP) is 0.808. The average molecular weight is 410 g/mol. The molecule has 0 bridgehead atoms. The second-order valence-corrected chi connectivity index (χ2v) is 8.84. The highest BCUT2D eigenvalue weighted by Crippen LogP contribution is 2.33. The lowest BCUT2D eigenvalue weighted by molar-refractivity contribution is -0.132. The summed E-state index contributed by atoms with van der Waals surface area (Å²) in [7, 11) is -0.0830. The van der Waals surface area contributed by atoms with Crippen LogP contribution in [0.4, 0.5) is 0 Å². The molecule has 1 N–H and O–H groups in total. The van der Waals surface area contributed by atoms with Gasteiger partial charge in [0.15, 0.2) is 21.3 Å². The number of ether oxygens (including phenoxy) is 2. The normalized spacial score (nSPS) is 16.8. The fraction of sp³-hybridized carbons (Fsp3) is 0.474. The first kappa shape index (κ1) is 21.7. The van der Waals surface area contributed by atoms with Crippen molar-refractivity contribution in [1.82, 2.24) is 10.2 Å². The largest absolute Gasteiger partial charge is 0.493 e. The molecular weight excluding hydrogens is 384 g/mol. The van der Waals surface area contributed by atoms with E-state index in [1.165, 1.54) is 19.1 Å². The van der Waals surface area contributed by atoms with Crippen LogP contribution in [0.5, 0.6) is 11.5 Å². The summed E-state index contributed by atoms with van der Waals surface area (Å²) in [5.41, 5.74) is 1.07. The summed E-state index contributed by atoms with van der Waals surface area (Å²) in [5.74, 6) is 0.0802. The van der Waals surface area contributed by atoms with Crippen LogP contribution in [-0.4, -0.2) is 70.0 Å². The van der Waals surface area contributed by atoms with Gasteiger partial charge in [-0.15, -0.1) is 6.58 Å². The summed E-state index contributed by atoms with van der Waals surface area (Å²) in [6.07, 6.45) is 2.17. The van der Waals surface area contributed by atoms with Crippen molar-refractivity contribution in [3.8, 4) is 11.5 Å². The van der Waals surface area contributed by atoms with E-state index in [-0.39, 0.29) is 30.5 Å². The predicted molar refractivity (Wildman–Crippen MR) is 106 cm³/mol. The summed E-state index contributed by atoms with van der Waals surface area (Å²) in [4.78, 5) is 26.7. The van der Waals surface area contributed by atoms with Crippen LogP contribution in [0.3, 0.4) is 0 Å². The molecule has 1 fully saturated rings. The van der Waals surface area contributed by atoms with E-state index in [1.807, 2.05) is 0 Å². The van der Waals surface area contributed by atoms with Crippen LogP contribution in [-0.2, 0) is 21.1 Å². The fourth-order valence-electron chi connectivity index (χ4n) is 3.03. The smallest absolute Gasteiger partial charge is 0.252 e. The van der Waals surface area contributed by atoms with Crippen LogP contribution < -0.4 is 14.8 Å². The van der Waals surface area contributed by atoms with Gasteiger partial charge in [-0.1, -0.05) is 6.08 Å². The van der Waals surface area contributed by atoms with Crippen molar-refractivity contribution in [1.29, 1.82) is 0 Å². The Hall–Kier alpha value is -2.55. The minimum absolute atomic E-state index is 0.0556. The maximum absolute atomic E-state index is 12.7. The third-order valence-electron chi connectivity index (χ3n) is 4.56. The van der Waals surface area contributed by atoms with Crippen molar-refractivity contribution in [2.45, 2.75) is 19.4 Å². The molecule has 1 unspecified atom stereocenters. The third kappa shape index (κ3) is 5.03. The van der Waals surface area contributed by atoms with Gasteiger partial charge < -0.3 is 19.7 Å². The van der Waals surface area contributed by atoms with E-state index < -0.39 is 21.8 Å². The highest BCUT2D eigenvalue weighted by molar-refractivity contribution is 7.91. The summed E-state index contributed by atoms with van der Waals surface area (Å²) in [5, 5.41) is 2.67. The molecule has 1 heterocycles. The molecule has 1 saturated heterocycles. The number of methoxy groups -OCH3 is 2. The molecule has 0 aromatic heterocycles. The Morgan fingerprint density at radius 2 is 1.89 bits per heavy atom. The maximum Gasteiger partial charge on any atom is 0.252 e. The summed E-state index contributed by atoms with van der Waals surface area (Å²) in [6, 6.07) is 2.43. The summed E-state index contributed by atoms with van der Waals surface area (Å²) >= 11 is 0. The van der Waals surface area contributed by atoms with Gasteiger partial charge in [-0.25, -0.2) is 8.42 Å². The van der Waals surface area contributed by atoms with Crippen LogP contribution in [0.15, 0.2) is 24.8 Å². The van der Waals surface area contributed by atoms with E-state index in [9.17, 15) is 18.0 Å². The van der Waals surface area contributed by atoms with E-state index >= 15 is 0 Å². The molecule has 0 radical (unpaired) electrons. The van der Waals surface area contributed by atoms with Crippen molar-refractivity contribution in [2.24, 2.45) is 0 Å². The van der Waals surface area contributed by atoms with Gasteiger partial charge in [0.2, 0.25) is 5.91 Å². The molecule has 0 saturated carbocycles. The van der Waals surface area contributed by atoms with Gasteiger partial charge in [0, 0.05) is 24.2 Å². The van der Waals surface area contributed by atoms with E-state index in [1.54, 1.807) is 25.1 Å². The van der Waals surface area contributed by atoms with Crippen molar-refractivity contribution >= 4 is 21.7 Å². The number of benzene rings is 1. The quantitative estimate of drug-likeness (QED) is 0.668. The highest BCUT2D eigenvalue weighted by atomic mass is 32.2. The monoisotopic (exact) mass is 410 g/mol. The van der Waals surface area contributed by atoms with Crippen LogP contribution in [0.25, 0.3) is 0 Å². The van der Waals surface area contributed by atoms with Crippen LogP contribution in [0.1, 0.15) is 22.8 Å². The summed E-state index contributed by atoms with van der Waals surface area (Å²) < 4.78 is 33.7. The van der Waals surface area contributed by atoms with Gasteiger partial charge in [0.1, 0.15) is 6.04 Å². The summed E-state index contributed by atoms with van der Waals surface area (Å²) in [6.45, 7) is 5.56. The number of rotatable bonds is 7. The topological polar surface area (TPSA) is 102 Å². The molecule has 1 atom stereocenters. The van der Waals surface area contributed by atoms with E-state index in [2.05, 4.69) is 11.9 Å². The molecule has 0 spiro atoms. The number of carbonyl (C=O) groups excluding carboxylic acids is 2. The molecule has 28 heavy (non-hydrogen) atoms. The lowest BCUT2D eigenvalue weighted by atomic mass is 10.0. The molecule has 154 valence electrons. The number of carbonyl (C=O) groups is 2. The van der Waals surface area contributed by atoms with E-state index in [0.717, 1.165) is 5.56 Å². The molecule has 1 aromatic rings. The molecule has 9 heteroatoms. The second kappa shape index (κ2) is 9.09. The minimum atomic E-state index is -3.08. The molecule has 1 aliphatic heterocycles. The molecule has 1 aromatic carbocycles. The van der Waals surface area contributed by atoms with Crippen molar-refractivity contribution < 1.29 is 27.5 Å². The molecule has 2 rings (SSSR count). The number of allylic oxidation sites excluding steroid dienone is 1. The first-order valence-corrected chi connectivity index (χ1v) is 10.7. The zero-order valence-electron chi connectivity index (χ0n) is 16.4. The van der Waals surface area contributed by atoms with Crippen molar-refractivity contribution in [3.63, 3.8) is 0 Å². The first-order valence-electron chi connectivity index (χ1n) is 8.88. The Morgan fingerprint density at radius 1 is 1.25 bits per heavy atom. The number of nitrogens with one attached hydrogen (secondary N) is 1. The van der Waals surface area contributed by atoms with Crippen molar-refractivity contribution in [2.75, 3.05) is 38.8 Å².